The number of carbonyl (C=O) groups excluding carboxylic acids is 2. The van der Waals surface area contributed by atoms with Gasteiger partial charge >= 0.3 is 12.3 Å². The number of hydrogen-bond donors (Lipinski definition) is 1. The number of anilines is 1. The highest BCUT2D eigenvalue weighted by molar-refractivity contribution is 6.35. The highest BCUT2D eigenvalue weighted by Gasteiger charge is 2.63. The number of nitrogens with zero attached hydrogens (tertiary/aromatic N) is 2. The Morgan fingerprint density at radius 1 is 1.18 bits per heavy atom. The number of oxime groups is 1. The summed E-state index contributed by atoms with van der Waals surface area (Å²) in [6.45, 7) is 1.13. The predicted octanol–water partition coefficient (Wildman–Crippen LogP) is 6.45. The molecule has 1 heterocycles. The third-order valence-electron chi connectivity index (χ3n) is 6.02. The van der Waals surface area contributed by atoms with Gasteiger partial charge in [0.2, 0.25) is 5.91 Å². The number of hydrogen-bond acceptors (Lipinski definition) is 5. The van der Waals surface area contributed by atoms with Gasteiger partial charge in [-0.3, -0.25) is 4.79 Å². The first-order chi connectivity index (χ1) is 17.9. The van der Waals surface area contributed by atoms with E-state index in [-0.39, 0.29) is 36.2 Å². The molecular formula is C24H20Cl2F5N3O4. The zero-order valence-electron chi connectivity index (χ0n) is 19.7. The molecule has 7 nitrogen and oxygen atoms in total. The van der Waals surface area contributed by atoms with Gasteiger partial charge in [0.1, 0.15) is 5.82 Å². The first kappa shape index (κ1) is 27.9. The molecule has 0 spiro atoms. The summed E-state index contributed by atoms with van der Waals surface area (Å²) in [4.78, 5) is 30.4. The van der Waals surface area contributed by atoms with Gasteiger partial charge in [-0.15, -0.1) is 0 Å². The molecule has 14 heteroatoms. The Bertz CT molecular complexity index is 1280. The van der Waals surface area contributed by atoms with Crippen LogP contribution in [0.25, 0.3) is 0 Å². The Balaban J connectivity index is 1.70. The van der Waals surface area contributed by atoms with Crippen molar-refractivity contribution in [3.63, 3.8) is 0 Å². The molecule has 204 valence electrons. The summed E-state index contributed by atoms with van der Waals surface area (Å²) in [6, 6.07) is 4.73. The SMILES string of the molecule is CCOC(=O)N(C1=NOC(c2cc(Cl)c(F)c(Cl)c2)(C(F)(F)F)C1)c1ccc(F)c(CNC(=O)C2CC2)c1. The van der Waals surface area contributed by atoms with Crippen LogP contribution in [0.3, 0.4) is 0 Å². The number of alkyl halides is 3. The average Bonchev–Trinajstić information content (AvgIpc) is 3.61. The van der Waals surface area contributed by atoms with Crippen LogP contribution < -0.4 is 10.2 Å². The number of ether oxygens (including phenoxy) is 1. The van der Waals surface area contributed by atoms with E-state index in [4.69, 9.17) is 32.8 Å². The van der Waals surface area contributed by atoms with E-state index < -0.39 is 57.4 Å². The van der Waals surface area contributed by atoms with Crippen LogP contribution >= 0.6 is 23.2 Å². The number of halogens is 7. The van der Waals surface area contributed by atoms with Crippen molar-refractivity contribution in [2.24, 2.45) is 11.1 Å². The summed E-state index contributed by atoms with van der Waals surface area (Å²) < 4.78 is 76.7. The van der Waals surface area contributed by atoms with E-state index in [0.29, 0.717) is 17.0 Å². The van der Waals surface area contributed by atoms with E-state index >= 15 is 0 Å². The van der Waals surface area contributed by atoms with Gasteiger partial charge in [-0.05, 0) is 50.1 Å². The van der Waals surface area contributed by atoms with Crippen molar-refractivity contribution >= 4 is 46.7 Å². The molecule has 2 aromatic rings. The summed E-state index contributed by atoms with van der Waals surface area (Å²) in [7, 11) is 0. The lowest BCUT2D eigenvalue weighted by molar-refractivity contribution is -0.275. The molecule has 0 saturated heterocycles. The Kier molecular flexibility index (Phi) is 7.76. The van der Waals surface area contributed by atoms with Crippen molar-refractivity contribution in [3.8, 4) is 0 Å². The second kappa shape index (κ2) is 10.6. The van der Waals surface area contributed by atoms with E-state index in [9.17, 15) is 31.5 Å². The summed E-state index contributed by atoms with van der Waals surface area (Å²) in [6.07, 6.45) is -5.82. The maximum absolute atomic E-state index is 14.5. The molecule has 0 aromatic heterocycles. The van der Waals surface area contributed by atoms with E-state index in [2.05, 4.69) is 10.5 Å². The molecular weight excluding hydrogens is 560 g/mol. The van der Waals surface area contributed by atoms with Gasteiger partial charge in [-0.2, -0.15) is 13.2 Å². The minimum atomic E-state index is -5.12. The van der Waals surface area contributed by atoms with Gasteiger partial charge in [0.25, 0.3) is 5.60 Å². The molecule has 1 N–H and O–H groups in total. The monoisotopic (exact) mass is 579 g/mol. The van der Waals surface area contributed by atoms with Crippen molar-refractivity contribution < 1.29 is 41.1 Å². The molecule has 1 saturated carbocycles. The van der Waals surface area contributed by atoms with Crippen LogP contribution in [0.5, 0.6) is 0 Å². The molecule has 2 aromatic carbocycles. The zero-order valence-corrected chi connectivity index (χ0v) is 21.2. The fourth-order valence-electron chi connectivity index (χ4n) is 3.85. The first-order valence-corrected chi connectivity index (χ1v) is 12.1. The predicted molar refractivity (Wildman–Crippen MR) is 128 cm³/mol. The number of nitrogens with one attached hydrogen (secondary N) is 1. The molecule has 38 heavy (non-hydrogen) atoms. The first-order valence-electron chi connectivity index (χ1n) is 11.4. The summed E-state index contributed by atoms with van der Waals surface area (Å²) in [5, 5.41) is 4.77. The molecule has 0 radical (unpaired) electrons. The fraction of sp³-hybridized carbons (Fsp3) is 0.375. The molecule has 1 aliphatic heterocycles. The summed E-state index contributed by atoms with van der Waals surface area (Å²) in [5.41, 5.74) is -3.93. The molecule has 1 unspecified atom stereocenters. The molecule has 2 aliphatic rings. The quantitative estimate of drug-likeness (QED) is 0.315. The van der Waals surface area contributed by atoms with Crippen molar-refractivity contribution in [1.29, 1.82) is 0 Å². The van der Waals surface area contributed by atoms with Crippen LogP contribution in [0.1, 0.15) is 37.3 Å². The van der Waals surface area contributed by atoms with Gasteiger partial charge in [0.15, 0.2) is 11.7 Å². The third-order valence-corrected chi connectivity index (χ3v) is 6.57. The van der Waals surface area contributed by atoms with E-state index in [0.717, 1.165) is 25.0 Å². The zero-order chi connectivity index (χ0) is 27.8. The Hall–Kier alpha value is -3.12. The number of carbonyl (C=O) groups is 2. The second-order valence-corrected chi connectivity index (χ2v) is 9.47. The van der Waals surface area contributed by atoms with Crippen LogP contribution in [0.2, 0.25) is 10.0 Å². The van der Waals surface area contributed by atoms with Crippen LogP contribution in [0, 0.1) is 17.6 Å². The van der Waals surface area contributed by atoms with Crippen molar-refractivity contribution in [2.75, 3.05) is 11.5 Å². The average molecular weight is 580 g/mol. The van der Waals surface area contributed by atoms with Crippen LogP contribution in [-0.4, -0.2) is 30.6 Å². The summed E-state index contributed by atoms with van der Waals surface area (Å²) >= 11 is 11.5. The number of benzene rings is 2. The lowest BCUT2D eigenvalue weighted by Crippen LogP contribution is -2.45. The molecule has 4 rings (SSSR count). The normalized spacial score (nSPS) is 19.0. The standard InChI is InChI=1S/C24H20Cl2F5N3O4/c1-2-37-22(36)34(15-5-6-18(27)13(7-15)11-32-21(35)12-3-4-12)19-10-23(38-33-19,24(29,30)31)14-8-16(25)20(28)17(26)9-14/h5-9,12H,2-4,10-11H2,1H3,(H,32,35). The largest absolute Gasteiger partial charge is 0.449 e. The van der Waals surface area contributed by atoms with E-state index in [1.807, 2.05) is 0 Å². The molecule has 1 atom stereocenters. The second-order valence-electron chi connectivity index (χ2n) is 8.66. The topological polar surface area (TPSA) is 80.2 Å². The van der Waals surface area contributed by atoms with E-state index in [1.165, 1.54) is 13.0 Å². The van der Waals surface area contributed by atoms with Gasteiger partial charge in [-0.1, -0.05) is 28.4 Å². The maximum Gasteiger partial charge on any atom is 0.435 e. The summed E-state index contributed by atoms with van der Waals surface area (Å²) in [5.74, 6) is -2.74. The lowest BCUT2D eigenvalue weighted by atomic mass is 9.89. The molecule has 2 amide bonds. The smallest absolute Gasteiger partial charge is 0.435 e. The number of rotatable bonds is 6. The Morgan fingerprint density at radius 3 is 2.42 bits per heavy atom. The molecule has 1 aliphatic carbocycles. The van der Waals surface area contributed by atoms with Crippen molar-refractivity contribution in [2.45, 2.75) is 44.5 Å². The minimum Gasteiger partial charge on any atom is -0.449 e. The van der Waals surface area contributed by atoms with Crippen LogP contribution in [-0.2, 0) is 26.5 Å². The minimum absolute atomic E-state index is 0.0236. The Labute approximate surface area is 223 Å². The third kappa shape index (κ3) is 5.37. The van der Waals surface area contributed by atoms with E-state index in [1.54, 1.807) is 0 Å². The highest BCUT2D eigenvalue weighted by Crippen LogP contribution is 2.50. The van der Waals surface area contributed by atoms with Crippen molar-refractivity contribution in [3.05, 3.63) is 63.1 Å². The van der Waals surface area contributed by atoms with Gasteiger partial charge in [-0.25, -0.2) is 18.5 Å². The van der Waals surface area contributed by atoms with Crippen molar-refractivity contribution in [1.82, 2.24) is 5.32 Å². The van der Waals surface area contributed by atoms with Gasteiger partial charge in [0, 0.05) is 23.6 Å². The fourth-order valence-corrected chi connectivity index (χ4v) is 4.34. The van der Waals surface area contributed by atoms with Gasteiger partial charge < -0.3 is 14.9 Å². The molecule has 0 bridgehead atoms. The number of amidine groups is 1. The van der Waals surface area contributed by atoms with Gasteiger partial charge in [0.05, 0.1) is 28.8 Å². The lowest BCUT2D eigenvalue weighted by Gasteiger charge is -2.30. The molecule has 1 fully saturated rings. The Morgan fingerprint density at radius 2 is 1.84 bits per heavy atom. The van der Waals surface area contributed by atoms with Crippen LogP contribution in [0.4, 0.5) is 32.4 Å². The highest BCUT2D eigenvalue weighted by atomic mass is 35.5. The van der Waals surface area contributed by atoms with Crippen LogP contribution in [0.15, 0.2) is 35.5 Å². The maximum atomic E-state index is 14.5. The number of amides is 2.